The number of ether oxygens (including phenoxy) is 1. The van der Waals surface area contributed by atoms with E-state index in [1.807, 2.05) is 0 Å². The first-order chi connectivity index (χ1) is 5.16. The number of ketones is 1. The van der Waals surface area contributed by atoms with Crippen LogP contribution < -0.4 is 5.11 Å². The van der Waals surface area contributed by atoms with Gasteiger partial charge in [-0.2, -0.15) is 7.11 Å². The molecule has 0 bridgehead atoms. The smallest absolute Gasteiger partial charge is 0.857 e. The van der Waals surface area contributed by atoms with Gasteiger partial charge in [-0.15, -0.1) is 0 Å². The van der Waals surface area contributed by atoms with Crippen LogP contribution >= 0.6 is 0 Å². The van der Waals surface area contributed by atoms with E-state index in [2.05, 4.69) is 4.74 Å². The molecule has 0 rings (SSSR count). The molecule has 0 aliphatic heterocycles. The predicted molar refractivity (Wildman–Crippen MR) is 43.3 cm³/mol. The monoisotopic (exact) mass is 184 g/mol. The van der Waals surface area contributed by atoms with Gasteiger partial charge in [0.15, 0.2) is 5.97 Å². The molecule has 0 radical (unpaired) electrons. The summed E-state index contributed by atoms with van der Waals surface area (Å²) in [5, 5.41) is 8.25. The van der Waals surface area contributed by atoms with Gasteiger partial charge in [0, 0.05) is 5.78 Å². The molecule has 66 valence electrons. The molecule has 0 aromatic heterocycles. The van der Waals surface area contributed by atoms with Crippen LogP contribution in [0.2, 0.25) is 0 Å². The van der Waals surface area contributed by atoms with E-state index >= 15 is 0 Å². The van der Waals surface area contributed by atoms with Crippen molar-refractivity contribution in [2.75, 3.05) is 13.7 Å². The van der Waals surface area contributed by atoms with E-state index in [0.29, 0.717) is 6.61 Å². The Kier molecular flexibility index (Phi) is 19.7. The standard InChI is InChI=1S/C6H9O3.CH3O.Mg/c1-3-9-6(8)4-5(2)7;1-2;/h4H,3H2,1-2H3;1H3;/q2*-1;+2. The third-order valence-corrected chi connectivity index (χ3v) is 0.608. The normalized spacial score (nSPS) is 6.67. The first-order valence-electron chi connectivity index (χ1n) is 3.09. The van der Waals surface area contributed by atoms with Crippen LogP contribution in [0.25, 0.3) is 0 Å². The molecule has 0 saturated heterocycles. The molecular weight excluding hydrogens is 172 g/mol. The van der Waals surface area contributed by atoms with Gasteiger partial charge in [-0.05, 0) is 13.8 Å². The number of hydrogen-bond donors (Lipinski definition) is 0. The molecule has 0 aromatic rings. The summed E-state index contributed by atoms with van der Waals surface area (Å²) in [6, 6.07) is 0. The van der Waals surface area contributed by atoms with E-state index < -0.39 is 5.97 Å². The Morgan fingerprint density at radius 1 is 1.42 bits per heavy atom. The third kappa shape index (κ3) is 16.4. The second-order valence-corrected chi connectivity index (χ2v) is 1.51. The largest absolute Gasteiger partial charge is 2.00 e. The molecule has 0 aliphatic rings. The van der Waals surface area contributed by atoms with Gasteiger partial charge in [0.2, 0.25) is 0 Å². The van der Waals surface area contributed by atoms with Gasteiger partial charge in [0.05, 0.1) is 6.61 Å². The summed E-state index contributed by atoms with van der Waals surface area (Å²) in [5.41, 5.74) is 0. The van der Waals surface area contributed by atoms with Crippen molar-refractivity contribution in [2.45, 2.75) is 13.8 Å². The maximum Gasteiger partial charge on any atom is 2.00 e. The average molecular weight is 184 g/mol. The van der Waals surface area contributed by atoms with Gasteiger partial charge in [-0.3, -0.25) is 4.79 Å². The number of Topliss-reactive ketones (excluding diaryl/α,β-unsaturated/α-hetero) is 1. The summed E-state index contributed by atoms with van der Waals surface area (Å²) in [6.45, 7) is 3.30. The van der Waals surface area contributed by atoms with Gasteiger partial charge < -0.3 is 14.6 Å². The van der Waals surface area contributed by atoms with Gasteiger partial charge in [0.25, 0.3) is 0 Å². The van der Waals surface area contributed by atoms with Crippen molar-refractivity contribution >= 4 is 34.8 Å². The maximum absolute atomic E-state index is 10.4. The minimum Gasteiger partial charge on any atom is -0.857 e. The van der Waals surface area contributed by atoms with E-state index in [4.69, 9.17) is 5.11 Å². The van der Waals surface area contributed by atoms with Crippen LogP contribution in [0.15, 0.2) is 0 Å². The Morgan fingerprint density at radius 2 is 1.83 bits per heavy atom. The SMILES string of the molecule is CCOC(=O)[CH-]C(C)=O.C[O-].[Mg+2]. The minimum absolute atomic E-state index is 0. The number of hydrogen-bond acceptors (Lipinski definition) is 4. The molecule has 0 spiro atoms. The first-order valence-corrected chi connectivity index (χ1v) is 3.09. The Balaban J connectivity index is -0.000000249. The zero-order valence-electron chi connectivity index (χ0n) is 7.62. The van der Waals surface area contributed by atoms with E-state index in [1.165, 1.54) is 6.92 Å². The number of carbonyl (C=O) groups excluding carboxylic acids is 2. The summed E-state index contributed by atoms with van der Waals surface area (Å²) >= 11 is 0. The molecule has 0 N–H and O–H groups in total. The summed E-state index contributed by atoms with van der Waals surface area (Å²) in [4.78, 5) is 20.5. The van der Waals surface area contributed by atoms with E-state index in [9.17, 15) is 9.59 Å². The second-order valence-electron chi connectivity index (χ2n) is 1.51. The molecule has 0 aliphatic carbocycles. The molecule has 0 aromatic carbocycles. The predicted octanol–water partition coefficient (Wildman–Crippen LogP) is -1.06. The quantitative estimate of drug-likeness (QED) is 0.243. The van der Waals surface area contributed by atoms with Crippen molar-refractivity contribution in [1.82, 2.24) is 0 Å². The van der Waals surface area contributed by atoms with Crippen molar-refractivity contribution < 1.29 is 19.4 Å². The fourth-order valence-corrected chi connectivity index (χ4v) is 0.350. The average Bonchev–Trinajstić information content (AvgIpc) is 1.91. The molecule has 0 heterocycles. The summed E-state index contributed by atoms with van der Waals surface area (Å²) in [7, 11) is 0.750. The van der Waals surface area contributed by atoms with Crippen molar-refractivity contribution in [2.24, 2.45) is 0 Å². The van der Waals surface area contributed by atoms with Crippen molar-refractivity contribution in [3.05, 3.63) is 6.42 Å². The van der Waals surface area contributed by atoms with Crippen molar-refractivity contribution in [1.29, 1.82) is 0 Å². The molecule has 5 heteroatoms. The zero-order valence-corrected chi connectivity index (χ0v) is 9.04. The van der Waals surface area contributed by atoms with Crippen molar-refractivity contribution in [3.63, 3.8) is 0 Å². The Labute approximate surface area is 88.4 Å². The fraction of sp³-hybridized carbons (Fsp3) is 0.571. The Hall–Kier alpha value is -0.264. The topological polar surface area (TPSA) is 66.4 Å². The second kappa shape index (κ2) is 13.3. The van der Waals surface area contributed by atoms with Gasteiger partial charge in [0.1, 0.15) is 0 Å². The number of rotatable bonds is 3. The maximum atomic E-state index is 10.4. The molecule has 4 nitrogen and oxygen atoms in total. The van der Waals surface area contributed by atoms with Crippen LogP contribution in [0.5, 0.6) is 0 Å². The van der Waals surface area contributed by atoms with Crippen LogP contribution in [0.4, 0.5) is 0 Å². The number of carbonyl (C=O) groups is 2. The van der Waals surface area contributed by atoms with E-state index in [-0.39, 0.29) is 28.8 Å². The van der Waals surface area contributed by atoms with Crippen LogP contribution in [-0.4, -0.2) is 48.5 Å². The van der Waals surface area contributed by atoms with Gasteiger partial charge in [-0.1, -0.05) is 0 Å². The van der Waals surface area contributed by atoms with Crippen LogP contribution in [0.3, 0.4) is 0 Å². The van der Waals surface area contributed by atoms with E-state index in [1.54, 1.807) is 6.92 Å². The van der Waals surface area contributed by atoms with Crippen molar-refractivity contribution in [3.8, 4) is 0 Å². The fourth-order valence-electron chi connectivity index (χ4n) is 0.350. The van der Waals surface area contributed by atoms with E-state index in [0.717, 1.165) is 13.5 Å². The number of esters is 1. The van der Waals surface area contributed by atoms with Crippen LogP contribution in [0.1, 0.15) is 13.8 Å². The minimum atomic E-state index is -0.565. The Morgan fingerprint density at radius 3 is 2.08 bits per heavy atom. The molecular formula is C7H12MgO4. The van der Waals surface area contributed by atoms with Crippen LogP contribution in [0, 0.1) is 6.42 Å². The van der Waals surface area contributed by atoms with Gasteiger partial charge in [-0.25, -0.2) is 6.42 Å². The molecule has 0 fully saturated rings. The summed E-state index contributed by atoms with van der Waals surface area (Å²) in [6.07, 6.45) is 0.920. The molecule has 0 atom stereocenters. The third-order valence-electron chi connectivity index (χ3n) is 0.608. The summed E-state index contributed by atoms with van der Waals surface area (Å²) in [5.74, 6) is -0.849. The summed E-state index contributed by atoms with van der Waals surface area (Å²) < 4.78 is 4.44. The van der Waals surface area contributed by atoms with Gasteiger partial charge >= 0.3 is 23.1 Å². The molecule has 0 saturated carbocycles. The molecule has 0 unspecified atom stereocenters. The van der Waals surface area contributed by atoms with Crippen LogP contribution in [-0.2, 0) is 14.3 Å². The Bertz CT molecular complexity index is 125. The first kappa shape index (κ1) is 17.7. The zero-order chi connectivity index (χ0) is 9.28. The molecule has 12 heavy (non-hydrogen) atoms. The molecule has 0 amide bonds.